The van der Waals surface area contributed by atoms with Crippen LogP contribution < -0.4 is 0 Å². The van der Waals surface area contributed by atoms with E-state index in [1.165, 1.54) is 10.4 Å². The Morgan fingerprint density at radius 1 is 1.08 bits per heavy atom. The van der Waals surface area contributed by atoms with E-state index in [1.807, 2.05) is 12.1 Å². The molecule has 136 valence electrons. The summed E-state index contributed by atoms with van der Waals surface area (Å²) in [6.07, 6.45) is 1.05. The van der Waals surface area contributed by atoms with Crippen LogP contribution in [-0.2, 0) is 16.6 Å². The molecule has 1 atom stereocenters. The van der Waals surface area contributed by atoms with Gasteiger partial charge in [0.15, 0.2) is 0 Å². The smallest absolute Gasteiger partial charge is 0.243 e. The lowest BCUT2D eigenvalue weighted by molar-refractivity contribution is 0.183. The molecule has 1 saturated heterocycles. The minimum absolute atomic E-state index is 0.409. The van der Waals surface area contributed by atoms with Crippen LogP contribution >= 0.6 is 11.3 Å². The minimum Gasteiger partial charge on any atom is -0.296 e. The molecule has 0 amide bonds. The second-order valence-corrected chi connectivity index (χ2v) is 9.61. The van der Waals surface area contributed by atoms with E-state index in [2.05, 4.69) is 36.3 Å². The van der Waals surface area contributed by atoms with Crippen LogP contribution in [0.3, 0.4) is 0 Å². The van der Waals surface area contributed by atoms with Crippen molar-refractivity contribution in [2.24, 2.45) is 0 Å². The first kappa shape index (κ1) is 18.6. The number of benzene rings is 1. The molecule has 0 aliphatic carbocycles. The number of hydrogen-bond acceptors (Lipinski definition) is 4. The van der Waals surface area contributed by atoms with Gasteiger partial charge in [-0.1, -0.05) is 32.0 Å². The van der Waals surface area contributed by atoms with E-state index in [4.69, 9.17) is 0 Å². The van der Waals surface area contributed by atoms with Gasteiger partial charge in [-0.15, -0.1) is 11.3 Å². The second kappa shape index (κ2) is 7.99. The molecular formula is C19H26N2O2S2. The van der Waals surface area contributed by atoms with Gasteiger partial charge in [0.05, 0.1) is 4.90 Å². The molecule has 6 heteroatoms. The van der Waals surface area contributed by atoms with Crippen molar-refractivity contribution >= 4 is 21.4 Å². The highest BCUT2D eigenvalue weighted by molar-refractivity contribution is 7.89. The number of nitrogens with zero attached hydrogens (tertiary/aromatic N) is 2. The number of hydrogen-bond donors (Lipinski definition) is 0. The van der Waals surface area contributed by atoms with Gasteiger partial charge >= 0.3 is 0 Å². The SMILES string of the molecule is CCC(C)c1ccc(S(=O)(=O)N2CCN(Cc3cccs3)CC2)cc1. The lowest BCUT2D eigenvalue weighted by Gasteiger charge is -2.33. The van der Waals surface area contributed by atoms with Crippen molar-refractivity contribution in [3.05, 3.63) is 52.2 Å². The molecule has 0 spiro atoms. The van der Waals surface area contributed by atoms with Crippen LogP contribution in [-0.4, -0.2) is 43.8 Å². The van der Waals surface area contributed by atoms with Crippen molar-refractivity contribution in [2.45, 2.75) is 37.6 Å². The molecular weight excluding hydrogens is 352 g/mol. The summed E-state index contributed by atoms with van der Waals surface area (Å²) in [4.78, 5) is 4.06. The fourth-order valence-corrected chi connectivity index (χ4v) is 5.27. The standard InChI is InChI=1S/C19H26N2O2S2/c1-3-16(2)17-6-8-19(9-7-17)25(22,23)21-12-10-20(11-13-21)15-18-5-4-14-24-18/h4-9,14,16H,3,10-13,15H2,1-2H3. The number of rotatable bonds is 6. The summed E-state index contributed by atoms with van der Waals surface area (Å²) in [7, 11) is -3.39. The summed E-state index contributed by atoms with van der Waals surface area (Å²) in [6.45, 7) is 7.89. The summed E-state index contributed by atoms with van der Waals surface area (Å²) in [5, 5.41) is 2.08. The van der Waals surface area contributed by atoms with Gasteiger partial charge in [-0.2, -0.15) is 4.31 Å². The highest BCUT2D eigenvalue weighted by Gasteiger charge is 2.28. The van der Waals surface area contributed by atoms with Gasteiger partial charge in [0, 0.05) is 37.6 Å². The van der Waals surface area contributed by atoms with E-state index >= 15 is 0 Å². The summed E-state index contributed by atoms with van der Waals surface area (Å²) in [5.74, 6) is 0.456. The maximum atomic E-state index is 12.9. The van der Waals surface area contributed by atoms with E-state index in [9.17, 15) is 8.42 Å². The molecule has 1 aliphatic heterocycles. The predicted octanol–water partition coefficient (Wildman–Crippen LogP) is 3.77. The normalized spacial score (nSPS) is 18.3. The number of sulfonamides is 1. The molecule has 0 bridgehead atoms. The van der Waals surface area contributed by atoms with Crippen LogP contribution in [0.4, 0.5) is 0 Å². The Hall–Kier alpha value is -1.21. The summed E-state index contributed by atoms with van der Waals surface area (Å²) in [6, 6.07) is 11.6. The first-order chi connectivity index (χ1) is 12.0. The minimum atomic E-state index is -3.39. The molecule has 1 unspecified atom stereocenters. The van der Waals surface area contributed by atoms with Gasteiger partial charge in [0.2, 0.25) is 10.0 Å². The quantitative estimate of drug-likeness (QED) is 0.768. The van der Waals surface area contributed by atoms with Crippen LogP contribution in [0.1, 0.15) is 36.6 Å². The van der Waals surface area contributed by atoms with Gasteiger partial charge in [0.25, 0.3) is 0 Å². The second-order valence-electron chi connectivity index (χ2n) is 6.64. The van der Waals surface area contributed by atoms with Gasteiger partial charge < -0.3 is 0 Å². The van der Waals surface area contributed by atoms with Gasteiger partial charge in [-0.05, 0) is 41.5 Å². The third-order valence-electron chi connectivity index (χ3n) is 4.99. The largest absolute Gasteiger partial charge is 0.296 e. The topological polar surface area (TPSA) is 40.6 Å². The molecule has 1 aromatic carbocycles. The Kier molecular flexibility index (Phi) is 5.94. The molecule has 3 rings (SSSR count). The summed E-state index contributed by atoms with van der Waals surface area (Å²) >= 11 is 1.75. The van der Waals surface area contributed by atoms with E-state index in [0.717, 1.165) is 26.1 Å². The highest BCUT2D eigenvalue weighted by Crippen LogP contribution is 2.23. The van der Waals surface area contributed by atoms with Crippen molar-refractivity contribution in [1.29, 1.82) is 0 Å². The highest BCUT2D eigenvalue weighted by atomic mass is 32.2. The van der Waals surface area contributed by atoms with Crippen molar-refractivity contribution in [2.75, 3.05) is 26.2 Å². The molecule has 1 fully saturated rings. The average Bonchev–Trinajstić information content (AvgIpc) is 3.14. The Bertz CT molecular complexity index is 762. The lowest BCUT2D eigenvalue weighted by Crippen LogP contribution is -2.48. The van der Waals surface area contributed by atoms with Crippen LogP contribution in [0.2, 0.25) is 0 Å². The van der Waals surface area contributed by atoms with Crippen molar-refractivity contribution in [3.8, 4) is 0 Å². The molecule has 0 saturated carbocycles. The molecule has 1 aromatic heterocycles. The molecule has 1 aliphatic rings. The first-order valence-electron chi connectivity index (χ1n) is 8.85. The van der Waals surface area contributed by atoms with Crippen LogP contribution in [0, 0.1) is 0 Å². The van der Waals surface area contributed by atoms with Gasteiger partial charge in [-0.3, -0.25) is 4.90 Å². The maximum absolute atomic E-state index is 12.9. The maximum Gasteiger partial charge on any atom is 0.243 e. The Morgan fingerprint density at radius 2 is 1.76 bits per heavy atom. The first-order valence-corrected chi connectivity index (χ1v) is 11.2. The molecule has 0 N–H and O–H groups in total. The number of piperazine rings is 1. The molecule has 2 heterocycles. The molecule has 0 radical (unpaired) electrons. The average molecular weight is 379 g/mol. The zero-order chi connectivity index (χ0) is 17.9. The monoisotopic (exact) mass is 378 g/mol. The van der Waals surface area contributed by atoms with Gasteiger partial charge in [-0.25, -0.2) is 8.42 Å². The van der Waals surface area contributed by atoms with Crippen LogP contribution in [0.25, 0.3) is 0 Å². The Balaban J connectivity index is 1.63. The molecule has 2 aromatic rings. The zero-order valence-electron chi connectivity index (χ0n) is 14.9. The third-order valence-corrected chi connectivity index (χ3v) is 7.76. The molecule has 25 heavy (non-hydrogen) atoms. The summed E-state index contributed by atoms with van der Waals surface area (Å²) in [5.41, 5.74) is 1.20. The van der Waals surface area contributed by atoms with Gasteiger partial charge in [0.1, 0.15) is 0 Å². The van der Waals surface area contributed by atoms with Crippen LogP contribution in [0.5, 0.6) is 0 Å². The van der Waals surface area contributed by atoms with Crippen molar-refractivity contribution in [3.63, 3.8) is 0 Å². The van der Waals surface area contributed by atoms with E-state index in [-0.39, 0.29) is 0 Å². The lowest BCUT2D eigenvalue weighted by atomic mass is 9.99. The van der Waals surface area contributed by atoms with E-state index in [0.29, 0.717) is 23.9 Å². The predicted molar refractivity (Wildman–Crippen MR) is 104 cm³/mol. The molecule has 4 nitrogen and oxygen atoms in total. The fraction of sp³-hybridized carbons (Fsp3) is 0.474. The zero-order valence-corrected chi connectivity index (χ0v) is 16.5. The van der Waals surface area contributed by atoms with Crippen molar-refractivity contribution < 1.29 is 8.42 Å². The third kappa shape index (κ3) is 4.31. The van der Waals surface area contributed by atoms with E-state index in [1.54, 1.807) is 27.8 Å². The van der Waals surface area contributed by atoms with Crippen molar-refractivity contribution in [1.82, 2.24) is 9.21 Å². The van der Waals surface area contributed by atoms with Crippen LogP contribution in [0.15, 0.2) is 46.7 Å². The summed E-state index contributed by atoms with van der Waals surface area (Å²) < 4.78 is 27.4. The van der Waals surface area contributed by atoms with E-state index < -0.39 is 10.0 Å². The Morgan fingerprint density at radius 3 is 2.32 bits per heavy atom. The number of thiophene rings is 1. The fourth-order valence-electron chi connectivity index (χ4n) is 3.10. The Labute approximate surface area is 155 Å².